The van der Waals surface area contributed by atoms with Crippen LogP contribution in [0, 0.1) is 20.8 Å². The molecule has 1 heterocycles. The molecule has 0 saturated carbocycles. The molecule has 7 heteroatoms. The standard InChI is InChI=1S/C21H21F2N3O2/c1-13-8-14(2)10-17(9-13)26-19(11-15(3)25-26)24-20(27)12-16-4-6-18(7-5-16)28-21(22)23/h4-11,21H,12H2,1-3H3,(H,24,27). The average Bonchev–Trinajstić information content (AvgIpc) is 2.95. The summed E-state index contributed by atoms with van der Waals surface area (Å²) in [6.07, 6.45) is 0.103. The summed E-state index contributed by atoms with van der Waals surface area (Å²) in [7, 11) is 0. The number of nitrogens with one attached hydrogen (secondary N) is 1. The largest absolute Gasteiger partial charge is 0.435 e. The molecule has 1 aromatic heterocycles. The first kappa shape index (κ1) is 19.5. The number of rotatable bonds is 6. The Bertz CT molecular complexity index is 962. The molecule has 0 aliphatic rings. The van der Waals surface area contributed by atoms with Gasteiger partial charge in [-0.1, -0.05) is 18.2 Å². The molecule has 0 radical (unpaired) electrons. The molecule has 3 aromatic rings. The van der Waals surface area contributed by atoms with Gasteiger partial charge in [0.1, 0.15) is 11.6 Å². The number of aryl methyl sites for hydroxylation is 3. The molecule has 0 fully saturated rings. The van der Waals surface area contributed by atoms with Gasteiger partial charge in [0.25, 0.3) is 0 Å². The highest BCUT2D eigenvalue weighted by atomic mass is 19.3. The van der Waals surface area contributed by atoms with E-state index >= 15 is 0 Å². The third kappa shape index (κ3) is 4.94. The highest BCUT2D eigenvalue weighted by Gasteiger charge is 2.12. The van der Waals surface area contributed by atoms with Gasteiger partial charge in [0.15, 0.2) is 0 Å². The first-order valence-corrected chi connectivity index (χ1v) is 8.79. The van der Waals surface area contributed by atoms with Gasteiger partial charge >= 0.3 is 6.61 Å². The molecule has 2 aromatic carbocycles. The Kier molecular flexibility index (Phi) is 5.73. The number of anilines is 1. The summed E-state index contributed by atoms with van der Waals surface area (Å²) in [5.41, 5.74) is 4.55. The molecule has 28 heavy (non-hydrogen) atoms. The van der Waals surface area contributed by atoms with Gasteiger partial charge in [-0.3, -0.25) is 4.79 Å². The number of nitrogens with zero attached hydrogens (tertiary/aromatic N) is 2. The Morgan fingerprint density at radius 2 is 1.71 bits per heavy atom. The maximum atomic E-state index is 12.5. The monoisotopic (exact) mass is 385 g/mol. The van der Waals surface area contributed by atoms with Crippen LogP contribution in [0.3, 0.4) is 0 Å². The number of hydrogen-bond donors (Lipinski definition) is 1. The number of ether oxygens (including phenoxy) is 1. The lowest BCUT2D eigenvalue weighted by molar-refractivity contribution is -0.115. The van der Waals surface area contributed by atoms with Crippen molar-refractivity contribution in [3.8, 4) is 11.4 Å². The molecule has 5 nitrogen and oxygen atoms in total. The minimum Gasteiger partial charge on any atom is -0.435 e. The molecule has 3 rings (SSSR count). The Morgan fingerprint density at radius 3 is 2.32 bits per heavy atom. The van der Waals surface area contributed by atoms with E-state index in [0.29, 0.717) is 11.4 Å². The van der Waals surface area contributed by atoms with Crippen molar-refractivity contribution in [1.82, 2.24) is 9.78 Å². The zero-order valence-electron chi connectivity index (χ0n) is 15.9. The second kappa shape index (κ2) is 8.21. The Morgan fingerprint density at radius 1 is 1.07 bits per heavy atom. The predicted octanol–water partition coefficient (Wildman–Crippen LogP) is 4.58. The van der Waals surface area contributed by atoms with Crippen LogP contribution in [0.5, 0.6) is 5.75 Å². The van der Waals surface area contributed by atoms with Crippen LogP contribution in [-0.4, -0.2) is 22.3 Å². The van der Waals surface area contributed by atoms with Crippen LogP contribution in [0.2, 0.25) is 0 Å². The van der Waals surface area contributed by atoms with Crippen molar-refractivity contribution < 1.29 is 18.3 Å². The van der Waals surface area contributed by atoms with Crippen LogP contribution in [-0.2, 0) is 11.2 Å². The minimum absolute atomic E-state index is 0.0580. The van der Waals surface area contributed by atoms with E-state index in [0.717, 1.165) is 22.5 Å². The van der Waals surface area contributed by atoms with E-state index in [1.807, 2.05) is 32.9 Å². The highest BCUT2D eigenvalue weighted by Crippen LogP contribution is 2.20. The topological polar surface area (TPSA) is 56.2 Å². The van der Waals surface area contributed by atoms with Gasteiger partial charge in [-0.05, 0) is 61.7 Å². The van der Waals surface area contributed by atoms with Crippen molar-refractivity contribution >= 4 is 11.7 Å². The van der Waals surface area contributed by atoms with Gasteiger partial charge in [-0.15, -0.1) is 0 Å². The van der Waals surface area contributed by atoms with Gasteiger partial charge in [0.2, 0.25) is 5.91 Å². The van der Waals surface area contributed by atoms with Crippen molar-refractivity contribution in [2.24, 2.45) is 0 Å². The van der Waals surface area contributed by atoms with Crippen molar-refractivity contribution in [3.63, 3.8) is 0 Å². The van der Waals surface area contributed by atoms with Gasteiger partial charge in [-0.2, -0.15) is 13.9 Å². The number of aromatic nitrogens is 2. The summed E-state index contributed by atoms with van der Waals surface area (Å²) < 4.78 is 30.4. The first-order valence-electron chi connectivity index (χ1n) is 8.79. The Labute approximate surface area is 161 Å². The quantitative estimate of drug-likeness (QED) is 0.676. The first-order chi connectivity index (χ1) is 13.3. The van der Waals surface area contributed by atoms with E-state index in [2.05, 4.69) is 21.2 Å². The molecule has 1 N–H and O–H groups in total. The summed E-state index contributed by atoms with van der Waals surface area (Å²) in [4.78, 5) is 12.5. The number of alkyl halides is 2. The molecular weight excluding hydrogens is 364 g/mol. The highest BCUT2D eigenvalue weighted by molar-refractivity contribution is 5.91. The number of benzene rings is 2. The van der Waals surface area contributed by atoms with Gasteiger partial charge in [0, 0.05) is 6.07 Å². The lowest BCUT2D eigenvalue weighted by atomic mass is 10.1. The van der Waals surface area contributed by atoms with E-state index in [-0.39, 0.29) is 18.1 Å². The van der Waals surface area contributed by atoms with E-state index < -0.39 is 6.61 Å². The smallest absolute Gasteiger partial charge is 0.387 e. The maximum Gasteiger partial charge on any atom is 0.387 e. The van der Waals surface area contributed by atoms with Crippen LogP contribution in [0.15, 0.2) is 48.5 Å². The maximum absolute atomic E-state index is 12.5. The lowest BCUT2D eigenvalue weighted by Crippen LogP contribution is -2.17. The number of hydrogen-bond acceptors (Lipinski definition) is 3. The summed E-state index contributed by atoms with van der Waals surface area (Å²) in [5, 5.41) is 7.35. The number of halogens is 2. The molecule has 146 valence electrons. The molecule has 0 bridgehead atoms. The van der Waals surface area contributed by atoms with Crippen molar-refractivity contribution in [2.45, 2.75) is 33.8 Å². The number of amides is 1. The van der Waals surface area contributed by atoms with E-state index in [1.165, 1.54) is 12.1 Å². The SMILES string of the molecule is Cc1cc(C)cc(-n2nc(C)cc2NC(=O)Cc2ccc(OC(F)F)cc2)c1. The van der Waals surface area contributed by atoms with Gasteiger partial charge in [0.05, 0.1) is 17.8 Å². The third-order valence-electron chi connectivity index (χ3n) is 4.06. The fourth-order valence-electron chi connectivity index (χ4n) is 3.02. The fourth-order valence-corrected chi connectivity index (χ4v) is 3.02. The Hall–Kier alpha value is -3.22. The Balaban J connectivity index is 1.74. The summed E-state index contributed by atoms with van der Waals surface area (Å²) in [6.45, 7) is 3.00. The molecule has 0 aliphatic carbocycles. The second-order valence-corrected chi connectivity index (χ2v) is 6.68. The number of carbonyl (C=O) groups excluding carboxylic acids is 1. The van der Waals surface area contributed by atoms with Crippen LogP contribution >= 0.6 is 0 Å². The van der Waals surface area contributed by atoms with Crippen LogP contribution in [0.25, 0.3) is 5.69 Å². The van der Waals surface area contributed by atoms with E-state index in [4.69, 9.17) is 0 Å². The summed E-state index contributed by atoms with van der Waals surface area (Å²) >= 11 is 0. The minimum atomic E-state index is -2.87. The van der Waals surface area contributed by atoms with Crippen LogP contribution < -0.4 is 10.1 Å². The molecule has 0 aliphatic heterocycles. The fraction of sp³-hybridized carbons (Fsp3) is 0.238. The molecule has 0 saturated heterocycles. The molecule has 0 unspecified atom stereocenters. The zero-order chi connectivity index (χ0) is 20.3. The molecular formula is C21H21F2N3O2. The normalized spacial score (nSPS) is 10.9. The van der Waals surface area contributed by atoms with Crippen molar-refractivity contribution in [2.75, 3.05) is 5.32 Å². The molecule has 0 spiro atoms. The molecule has 1 amide bonds. The third-order valence-corrected chi connectivity index (χ3v) is 4.06. The average molecular weight is 385 g/mol. The van der Waals surface area contributed by atoms with Crippen molar-refractivity contribution in [1.29, 1.82) is 0 Å². The molecule has 0 atom stereocenters. The van der Waals surface area contributed by atoms with Crippen LogP contribution in [0.1, 0.15) is 22.4 Å². The predicted molar refractivity (Wildman–Crippen MR) is 103 cm³/mol. The van der Waals surface area contributed by atoms with Gasteiger partial charge < -0.3 is 10.1 Å². The van der Waals surface area contributed by atoms with Crippen molar-refractivity contribution in [3.05, 3.63) is 70.9 Å². The second-order valence-electron chi connectivity index (χ2n) is 6.68. The van der Waals surface area contributed by atoms with Gasteiger partial charge in [-0.25, -0.2) is 4.68 Å². The summed E-state index contributed by atoms with van der Waals surface area (Å²) in [6, 6.07) is 13.9. The lowest BCUT2D eigenvalue weighted by Gasteiger charge is -2.11. The summed E-state index contributed by atoms with van der Waals surface area (Å²) in [5.74, 6) is 0.404. The van der Waals surface area contributed by atoms with Crippen LogP contribution in [0.4, 0.5) is 14.6 Å². The van der Waals surface area contributed by atoms with E-state index in [1.54, 1.807) is 22.9 Å². The number of carbonyl (C=O) groups is 1. The van der Waals surface area contributed by atoms with E-state index in [9.17, 15) is 13.6 Å². The zero-order valence-corrected chi connectivity index (χ0v) is 15.9.